The monoisotopic (exact) mass is 1880 g/mol. The molecule has 4 unspecified atom stereocenters. The number of aliphatic carboxylic acids is 2. The molecule has 0 aromatic heterocycles. The van der Waals surface area contributed by atoms with Crippen LogP contribution in [0, 0.1) is 27.1 Å². The average molecular weight is 1880 g/mol. The predicted octanol–water partition coefficient (Wildman–Crippen LogP) is 11.9. The summed E-state index contributed by atoms with van der Waals surface area (Å²) in [5, 5.41) is 43.2. The summed E-state index contributed by atoms with van der Waals surface area (Å²) < 4.78 is 105. The van der Waals surface area contributed by atoms with Crippen LogP contribution in [0.15, 0.2) is 0 Å². The van der Waals surface area contributed by atoms with Gasteiger partial charge in [-0.2, -0.15) is 9.84 Å². The van der Waals surface area contributed by atoms with E-state index in [9.17, 15) is 65.1 Å². The molecule has 0 spiro atoms. The Bertz CT molecular complexity index is 2230. The molecule has 29 nitrogen and oxygen atoms in total. The number of alkyl halides is 4. The van der Waals surface area contributed by atoms with Crippen molar-refractivity contribution in [2.75, 3.05) is 110 Å². The molecule has 0 radical (unpaired) electrons. The summed E-state index contributed by atoms with van der Waals surface area (Å²) >= 11 is 10.9. The summed E-state index contributed by atoms with van der Waals surface area (Å²) in [6.07, 6.45) is 18.5. The summed E-state index contributed by atoms with van der Waals surface area (Å²) in [5.41, 5.74) is -4.67. The van der Waals surface area contributed by atoms with Gasteiger partial charge in [0.15, 0.2) is 52.2 Å². The molecule has 0 saturated carbocycles. The molecular weight excluding hydrogens is 1740 g/mol. The van der Waals surface area contributed by atoms with Gasteiger partial charge in [0.2, 0.25) is 9.05 Å². The first-order valence-corrected chi connectivity index (χ1v) is 45.7. The first kappa shape index (κ1) is 128. The van der Waals surface area contributed by atoms with Gasteiger partial charge in [0.05, 0.1) is 82.7 Å². The molecule has 112 heavy (non-hydrogen) atoms. The number of halogens is 5. The number of rotatable bonds is 46. The van der Waals surface area contributed by atoms with Crippen molar-refractivity contribution in [3.05, 3.63) is 5.59 Å². The van der Waals surface area contributed by atoms with Crippen molar-refractivity contribution in [3.63, 3.8) is 0 Å². The van der Waals surface area contributed by atoms with Gasteiger partial charge in [-0.3, -0.25) is 56.7 Å². The SMILES string of the molecule is BrCCCCOC1CCCCO1.CC(CCCCF)(C(=O)O)C(=O)O.CCCCCC(C)(C(=O)OCC)C(=O)OCC.CCCCCC(C)(C(=O)OCC)C(=O)OCC.CCOC(=O)C(C)(CCCCF)C(=O)OCC.CCOC(=O)C(C)(CCCCO)C(=O)OCC.CS(=O)(=O)Cl.N[N-]O.OCCCCBr.[2H]P.[3H][P+](P)=S.[Na+]. The summed E-state index contributed by atoms with van der Waals surface area (Å²) in [6.45, 7) is 27.4. The third-order valence-corrected chi connectivity index (χ3v) is 16.2. The van der Waals surface area contributed by atoms with Gasteiger partial charge in [-0.15, -0.1) is 0 Å². The second-order valence-electron chi connectivity index (χ2n) is 24.5. The molecule has 1 aliphatic heterocycles. The molecule has 40 heteroatoms. The number of carbonyl (C=O) groups excluding carboxylic acids is 8. The maximum Gasteiger partial charge on any atom is 1.00 e. The zero-order valence-corrected chi connectivity index (χ0v) is 80.7. The standard InChI is InChI=1S/2C13H24O4.C12H21FO4.C12H22O5.C9H17BrO2.C8H13FO4.C4H9BrO.CH3ClO2S.H3N2O.Na.H2P2S.H3P/c2*1-5-8-9-10-13(4,11(14)16-6-2)12(15)17-7-3;2*1-4-16-10(14)12(3,8-6-7-9-13)11(15)17-5-2;10-6-2-4-8-12-9-5-1-3-7-11-9;1-8(6(10)11,7(12)13)4-2-3-5-9;5-3-1-2-4-6;1-5(2,3)4;1-2-3;;1-2-3;/h2*5-10H2,1-4H3;4-9H2,1-3H3;13H,4-9H2,1-3H3;9H,1-8H2;2-5H2,1H3,(H,10,11)(H,12,13);6H,1-4H2;1H3;3H,1H2;;1H2;1H3/q;;;;;;;;-1;+1;;/p+1/i;;;;;;;;;;;1D/hT. The number of nitrogens with zero attached hydrogens (tertiary/aromatic N) is 1. The van der Waals surface area contributed by atoms with Crippen molar-refractivity contribution >= 4 is 149 Å². The Balaban J connectivity index is -0.000000118. The average Bonchev–Trinajstić information content (AvgIpc) is 0.851. The van der Waals surface area contributed by atoms with E-state index >= 15 is 0 Å². The normalized spacial score (nSPS) is 12.2. The third-order valence-electron chi connectivity index (χ3n) is 15.0. The zero-order chi connectivity index (χ0) is 90.0. The Morgan fingerprint density at radius 3 is 0.946 bits per heavy atom. The van der Waals surface area contributed by atoms with Gasteiger partial charge < -0.3 is 84.4 Å². The van der Waals surface area contributed by atoms with Crippen LogP contribution in [0.5, 0.6) is 0 Å². The quantitative estimate of drug-likeness (QED) is 0.00315. The first-order valence-electron chi connectivity index (χ1n) is 38.2. The number of nitrogens with two attached hydrogens (primary N) is 1. The Labute approximate surface area is 726 Å². The summed E-state index contributed by atoms with van der Waals surface area (Å²) in [7, 11) is 5.18. The van der Waals surface area contributed by atoms with Crippen LogP contribution in [0.4, 0.5) is 8.78 Å². The van der Waals surface area contributed by atoms with Crippen molar-refractivity contribution in [2.45, 2.75) is 264 Å². The Hall–Kier alpha value is -2.14. The van der Waals surface area contributed by atoms with Gasteiger partial charge in [-0.05, 0) is 206 Å². The van der Waals surface area contributed by atoms with Crippen LogP contribution in [0.1, 0.15) is 258 Å². The minimum absolute atomic E-state index is 0. The molecule has 4 atom stereocenters. The van der Waals surface area contributed by atoms with Gasteiger partial charge >= 0.3 is 90.5 Å². The first-order chi connectivity index (χ1) is 53.0. The molecule has 7 N–H and O–H groups in total. The van der Waals surface area contributed by atoms with Crippen LogP contribution >= 0.6 is 68.3 Å². The van der Waals surface area contributed by atoms with Crippen LogP contribution in [-0.4, -0.2) is 212 Å². The number of aliphatic hydroxyl groups excluding tert-OH is 2. The fourth-order valence-electron chi connectivity index (χ4n) is 8.43. The van der Waals surface area contributed by atoms with Gasteiger partial charge in [0, 0.05) is 47.8 Å². The molecule has 0 amide bonds. The largest absolute Gasteiger partial charge is 1.00 e. The van der Waals surface area contributed by atoms with Gasteiger partial charge in [0.25, 0.3) is 0 Å². The molecule has 1 heterocycles. The molecule has 1 rings (SSSR count). The number of carboxylic acid groups (broad SMARTS) is 2. The maximum absolute atomic E-state index is 12.0. The van der Waals surface area contributed by atoms with Crippen LogP contribution in [0.25, 0.3) is 5.59 Å². The van der Waals surface area contributed by atoms with Gasteiger partial charge in [-0.1, -0.05) is 84.2 Å². The number of hydrogen-bond acceptors (Lipinski definition) is 27. The maximum atomic E-state index is 12.0. The molecule has 0 aromatic rings. The summed E-state index contributed by atoms with van der Waals surface area (Å²) in [4.78, 5) is 116. The van der Waals surface area contributed by atoms with Crippen molar-refractivity contribution in [2.24, 2.45) is 32.9 Å². The second kappa shape index (κ2) is 89.6. The van der Waals surface area contributed by atoms with E-state index in [1.54, 1.807) is 79.1 Å². The van der Waals surface area contributed by atoms with Crippen molar-refractivity contribution in [1.29, 1.82) is 2.56 Å². The van der Waals surface area contributed by atoms with E-state index in [2.05, 4.69) is 83.0 Å². The molecule has 664 valence electrons. The number of aliphatic hydroxyl groups is 2. The predicted molar refractivity (Wildman–Crippen MR) is 447 cm³/mol. The number of ether oxygens (including phenoxy) is 10. The van der Waals surface area contributed by atoms with Crippen LogP contribution in [0.3, 0.4) is 0 Å². The molecular formula is C72H142Br2ClF2N2NaO27P3S2+. The Morgan fingerprint density at radius 2 is 0.759 bits per heavy atom. The van der Waals surface area contributed by atoms with E-state index in [0.717, 1.165) is 101 Å². The van der Waals surface area contributed by atoms with E-state index < -0.39 is 116 Å². The number of carbonyl (C=O) groups is 10. The van der Waals surface area contributed by atoms with Crippen LogP contribution in [-0.2, 0) is 116 Å². The third kappa shape index (κ3) is 74.2. The molecule has 0 aliphatic carbocycles. The molecule has 1 aliphatic rings. The zero-order valence-electron chi connectivity index (χ0n) is 71.9. The molecule has 0 aromatic carbocycles. The summed E-state index contributed by atoms with van der Waals surface area (Å²) in [5.74, 6) is -2.95. The Kier molecular flexibility index (Phi) is 102. The number of carboxylic acids is 2. The minimum atomic E-state index is -3.19. The molecule has 1 fully saturated rings. The topological polar surface area (TPSA) is 438 Å². The smallest absolute Gasteiger partial charge is 0.488 e. The fraction of sp³-hybridized carbons (Fsp3) is 0.861. The van der Waals surface area contributed by atoms with E-state index in [4.69, 9.17) is 75.6 Å². The fourth-order valence-corrected chi connectivity index (χ4v) is 9.23. The number of unbranched alkanes of at least 4 members (excludes halogenated alkanes) is 9. The van der Waals surface area contributed by atoms with Crippen molar-refractivity contribution in [3.8, 4) is 0 Å². The van der Waals surface area contributed by atoms with E-state index in [1.165, 1.54) is 33.1 Å². The van der Waals surface area contributed by atoms with Crippen molar-refractivity contribution in [1.82, 2.24) is 0 Å². The van der Waals surface area contributed by atoms with Gasteiger partial charge in [-0.25, -0.2) is 8.42 Å². The molecule has 0 bridgehead atoms. The van der Waals surface area contributed by atoms with Crippen molar-refractivity contribution < 1.29 is 168 Å². The van der Waals surface area contributed by atoms with E-state index in [1.807, 2.05) is 5.59 Å². The Morgan fingerprint density at radius 1 is 0.536 bits per heavy atom. The minimum Gasteiger partial charge on any atom is -0.488 e. The van der Waals surface area contributed by atoms with E-state index in [0.29, 0.717) is 51.6 Å². The van der Waals surface area contributed by atoms with Gasteiger partial charge in [0.1, 0.15) is 0 Å². The molecule has 1 saturated heterocycles. The number of hydrogen-bond donors (Lipinski definition) is 6. The second-order valence-corrected chi connectivity index (χ2v) is 31.9. The summed E-state index contributed by atoms with van der Waals surface area (Å²) in [6, 6.07) is 0. The van der Waals surface area contributed by atoms with Crippen LogP contribution < -0.4 is 35.4 Å². The van der Waals surface area contributed by atoms with Crippen LogP contribution in [0.2, 0.25) is 0 Å². The van der Waals surface area contributed by atoms with E-state index in [-0.39, 0.29) is 121 Å². The number of esters is 8.